The molecule has 0 bridgehead atoms. The van der Waals surface area contributed by atoms with Gasteiger partial charge in [-0.15, -0.1) is 0 Å². The molecule has 0 fully saturated rings. The van der Waals surface area contributed by atoms with Gasteiger partial charge in [0.05, 0.1) is 12.1 Å². The minimum atomic E-state index is -0.796. The number of nitrogens with zero attached hydrogens (tertiary/aromatic N) is 2. The van der Waals surface area contributed by atoms with E-state index in [0.29, 0.717) is 0 Å². The Morgan fingerprint density at radius 3 is 2.86 bits per heavy atom. The first-order valence-electron chi connectivity index (χ1n) is 4.81. The Morgan fingerprint density at radius 1 is 1.71 bits per heavy atom. The van der Waals surface area contributed by atoms with Crippen LogP contribution in [0, 0.1) is 0 Å². The van der Waals surface area contributed by atoms with Crippen LogP contribution in [0.2, 0.25) is 0 Å². The van der Waals surface area contributed by atoms with Gasteiger partial charge in [0.15, 0.2) is 0 Å². The molecule has 4 heteroatoms. The Balaban J connectivity index is 3.01. The van der Waals surface area contributed by atoms with Crippen molar-refractivity contribution in [1.82, 2.24) is 9.78 Å². The molecule has 14 heavy (non-hydrogen) atoms. The fraction of sp³-hybridized carbons (Fsp3) is 0.600. The highest BCUT2D eigenvalue weighted by atomic mass is 16.4. The van der Waals surface area contributed by atoms with Gasteiger partial charge < -0.3 is 5.11 Å². The fourth-order valence-electron chi connectivity index (χ4n) is 1.52. The summed E-state index contributed by atoms with van der Waals surface area (Å²) in [5, 5.41) is 13.0. The van der Waals surface area contributed by atoms with Crippen LogP contribution < -0.4 is 0 Å². The topological polar surface area (TPSA) is 55.1 Å². The molecule has 0 aliphatic carbocycles. The van der Waals surface area contributed by atoms with Gasteiger partial charge in [0.1, 0.15) is 0 Å². The molecule has 4 nitrogen and oxygen atoms in total. The Labute approximate surface area is 83.5 Å². The molecule has 1 heterocycles. The summed E-state index contributed by atoms with van der Waals surface area (Å²) in [7, 11) is 1.85. The van der Waals surface area contributed by atoms with Gasteiger partial charge in [-0.25, -0.2) is 0 Å². The summed E-state index contributed by atoms with van der Waals surface area (Å²) in [4.78, 5) is 10.8. The minimum Gasteiger partial charge on any atom is -0.481 e. The second kappa shape index (κ2) is 4.26. The number of hydrogen-bond donors (Lipinski definition) is 1. The molecule has 0 aliphatic rings. The minimum absolute atomic E-state index is 0.467. The Hall–Kier alpha value is -1.32. The van der Waals surface area contributed by atoms with Crippen LogP contribution >= 0.6 is 0 Å². The maximum atomic E-state index is 10.8. The molecule has 1 unspecified atom stereocenters. The molecule has 1 atom stereocenters. The van der Waals surface area contributed by atoms with E-state index in [1.807, 2.05) is 7.05 Å². The third-order valence-electron chi connectivity index (χ3n) is 2.42. The zero-order valence-electron chi connectivity index (χ0n) is 8.82. The monoisotopic (exact) mass is 196 g/mol. The van der Waals surface area contributed by atoms with Crippen LogP contribution in [-0.2, 0) is 18.3 Å². The van der Waals surface area contributed by atoms with E-state index in [1.165, 1.54) is 0 Å². The molecule has 1 N–H and O–H groups in total. The fourth-order valence-corrected chi connectivity index (χ4v) is 1.52. The third kappa shape index (κ3) is 1.95. The largest absolute Gasteiger partial charge is 0.481 e. The van der Waals surface area contributed by atoms with E-state index in [-0.39, 0.29) is 0 Å². The van der Waals surface area contributed by atoms with Crippen LogP contribution in [0.5, 0.6) is 0 Å². The number of aryl methyl sites for hydroxylation is 1. The lowest BCUT2D eigenvalue weighted by Gasteiger charge is -2.07. The van der Waals surface area contributed by atoms with Crippen molar-refractivity contribution in [3.05, 3.63) is 17.5 Å². The molecule has 0 aromatic carbocycles. The first-order valence-corrected chi connectivity index (χ1v) is 4.81. The normalized spacial score (nSPS) is 12.8. The summed E-state index contributed by atoms with van der Waals surface area (Å²) in [5.41, 5.74) is 1.87. The molecule has 1 aromatic rings. The smallest absolute Gasteiger partial charge is 0.310 e. The van der Waals surface area contributed by atoms with Crippen LogP contribution in [0.4, 0.5) is 0 Å². The standard InChI is InChI=1S/C10H16N2O2/c1-4-5-9-8(6-11-12(9)3)7(2)10(13)14/h6-7H,4-5H2,1-3H3,(H,13,14). The number of aromatic nitrogens is 2. The molecule has 78 valence electrons. The lowest BCUT2D eigenvalue weighted by Crippen LogP contribution is -2.10. The molecule has 1 rings (SSSR count). The van der Waals surface area contributed by atoms with Gasteiger partial charge in [0, 0.05) is 18.3 Å². The molecule has 0 saturated carbocycles. The number of carboxylic acids is 1. The predicted molar refractivity (Wildman–Crippen MR) is 53.3 cm³/mol. The van der Waals surface area contributed by atoms with Gasteiger partial charge in [-0.1, -0.05) is 13.3 Å². The first-order chi connectivity index (χ1) is 6.57. The van der Waals surface area contributed by atoms with Crippen LogP contribution in [0.25, 0.3) is 0 Å². The summed E-state index contributed by atoms with van der Waals surface area (Å²) >= 11 is 0. The highest BCUT2D eigenvalue weighted by Crippen LogP contribution is 2.20. The zero-order chi connectivity index (χ0) is 10.7. The number of rotatable bonds is 4. The van der Waals surface area contributed by atoms with Gasteiger partial charge in [-0.05, 0) is 13.3 Å². The van der Waals surface area contributed by atoms with E-state index in [9.17, 15) is 4.79 Å². The first kappa shape index (κ1) is 10.8. The van der Waals surface area contributed by atoms with Crippen molar-refractivity contribution in [2.45, 2.75) is 32.6 Å². The van der Waals surface area contributed by atoms with Crippen LogP contribution in [0.3, 0.4) is 0 Å². The molecule has 0 radical (unpaired) electrons. The van der Waals surface area contributed by atoms with Gasteiger partial charge in [-0.3, -0.25) is 9.48 Å². The lowest BCUT2D eigenvalue weighted by atomic mass is 10.00. The van der Waals surface area contributed by atoms with Crippen molar-refractivity contribution in [1.29, 1.82) is 0 Å². The van der Waals surface area contributed by atoms with E-state index >= 15 is 0 Å². The summed E-state index contributed by atoms with van der Waals surface area (Å²) in [6.45, 7) is 3.76. The summed E-state index contributed by atoms with van der Waals surface area (Å²) in [5.74, 6) is -1.26. The van der Waals surface area contributed by atoms with Gasteiger partial charge in [0.2, 0.25) is 0 Å². The second-order valence-electron chi connectivity index (χ2n) is 3.48. The van der Waals surface area contributed by atoms with E-state index in [1.54, 1.807) is 17.8 Å². The van der Waals surface area contributed by atoms with Crippen molar-refractivity contribution < 1.29 is 9.90 Å². The van der Waals surface area contributed by atoms with Gasteiger partial charge in [0.25, 0.3) is 0 Å². The highest BCUT2D eigenvalue weighted by molar-refractivity contribution is 5.75. The van der Waals surface area contributed by atoms with Gasteiger partial charge in [-0.2, -0.15) is 5.10 Å². The molecule has 0 amide bonds. The van der Waals surface area contributed by atoms with Crippen molar-refractivity contribution in [3.63, 3.8) is 0 Å². The maximum Gasteiger partial charge on any atom is 0.310 e. The Morgan fingerprint density at radius 2 is 2.36 bits per heavy atom. The Kier molecular flexibility index (Phi) is 3.28. The summed E-state index contributed by atoms with van der Waals surface area (Å²) in [6, 6.07) is 0. The summed E-state index contributed by atoms with van der Waals surface area (Å²) in [6.07, 6.45) is 3.53. The van der Waals surface area contributed by atoms with Crippen molar-refractivity contribution in [3.8, 4) is 0 Å². The predicted octanol–water partition coefficient (Wildman–Crippen LogP) is 1.56. The van der Waals surface area contributed by atoms with Crippen LogP contribution in [0.15, 0.2) is 6.20 Å². The lowest BCUT2D eigenvalue weighted by molar-refractivity contribution is -0.138. The molecule has 0 saturated heterocycles. The summed E-state index contributed by atoms with van der Waals surface area (Å²) < 4.78 is 1.76. The Bertz CT molecular complexity index is 331. The molecule has 1 aromatic heterocycles. The SMILES string of the molecule is CCCc1c(C(C)C(=O)O)cnn1C. The highest BCUT2D eigenvalue weighted by Gasteiger charge is 2.19. The molecule has 0 spiro atoms. The molecular weight excluding hydrogens is 180 g/mol. The van der Waals surface area contributed by atoms with E-state index < -0.39 is 11.9 Å². The van der Waals surface area contributed by atoms with Crippen molar-refractivity contribution in [2.24, 2.45) is 7.05 Å². The maximum absolute atomic E-state index is 10.8. The molecular formula is C10H16N2O2. The average Bonchev–Trinajstić information content (AvgIpc) is 2.48. The number of carboxylic acid groups (broad SMARTS) is 1. The van der Waals surface area contributed by atoms with Crippen molar-refractivity contribution >= 4 is 5.97 Å². The van der Waals surface area contributed by atoms with Gasteiger partial charge >= 0.3 is 5.97 Å². The second-order valence-corrected chi connectivity index (χ2v) is 3.48. The van der Waals surface area contributed by atoms with Crippen molar-refractivity contribution in [2.75, 3.05) is 0 Å². The van der Waals surface area contributed by atoms with Crippen LogP contribution in [-0.4, -0.2) is 20.9 Å². The average molecular weight is 196 g/mol. The van der Waals surface area contributed by atoms with E-state index in [4.69, 9.17) is 5.11 Å². The van der Waals surface area contributed by atoms with E-state index in [0.717, 1.165) is 24.1 Å². The third-order valence-corrected chi connectivity index (χ3v) is 2.42. The number of aliphatic carboxylic acids is 1. The van der Waals surface area contributed by atoms with Crippen LogP contribution in [0.1, 0.15) is 37.4 Å². The number of hydrogen-bond acceptors (Lipinski definition) is 2. The number of carbonyl (C=O) groups is 1. The quantitative estimate of drug-likeness (QED) is 0.795. The molecule has 0 aliphatic heterocycles. The zero-order valence-corrected chi connectivity index (χ0v) is 8.82. The van der Waals surface area contributed by atoms with E-state index in [2.05, 4.69) is 12.0 Å².